The Balaban J connectivity index is 2.46. The predicted octanol–water partition coefficient (Wildman–Crippen LogP) is 2.13. The molecule has 0 aliphatic heterocycles. The number of amides is 1. The van der Waals surface area contributed by atoms with Crippen LogP contribution in [0.15, 0.2) is 29.1 Å². The van der Waals surface area contributed by atoms with Crippen LogP contribution in [-0.2, 0) is 15.7 Å². The van der Waals surface area contributed by atoms with Crippen molar-refractivity contribution in [2.75, 3.05) is 20.3 Å². The number of carbonyl (C=O) groups excluding carboxylic acids is 1. The molecular weight excluding hydrogens is 339 g/mol. The summed E-state index contributed by atoms with van der Waals surface area (Å²) < 4.78 is 45.0. The number of methoxy groups -OCH3 is 1. The zero-order chi connectivity index (χ0) is 18.6. The highest BCUT2D eigenvalue weighted by atomic mass is 19.4. The Morgan fingerprint density at radius 2 is 2.04 bits per heavy atom. The third-order valence-corrected chi connectivity index (χ3v) is 3.65. The van der Waals surface area contributed by atoms with Crippen molar-refractivity contribution in [1.82, 2.24) is 14.9 Å². The number of halogens is 3. The lowest BCUT2D eigenvalue weighted by Gasteiger charge is -2.19. The Morgan fingerprint density at radius 1 is 1.36 bits per heavy atom. The van der Waals surface area contributed by atoms with Crippen LogP contribution in [-0.4, -0.2) is 35.7 Å². The van der Waals surface area contributed by atoms with Gasteiger partial charge in [-0.05, 0) is 25.5 Å². The summed E-state index contributed by atoms with van der Waals surface area (Å²) in [5.74, 6) is -0.553. The average molecular weight is 357 g/mol. The van der Waals surface area contributed by atoms with E-state index in [1.54, 1.807) is 6.07 Å². The number of carbonyl (C=O) groups is 1. The van der Waals surface area contributed by atoms with Gasteiger partial charge in [0.1, 0.15) is 6.04 Å². The SMILES string of the molecule is COCCCNC(=O)C(C)n1c(=O)c(C(F)(F)F)nc2ccccc21. The molecule has 2 rings (SSSR count). The maximum Gasteiger partial charge on any atom is 0.438 e. The number of aromatic nitrogens is 2. The van der Waals surface area contributed by atoms with Crippen LogP contribution in [0.4, 0.5) is 13.2 Å². The van der Waals surface area contributed by atoms with Gasteiger partial charge in [0.2, 0.25) is 11.6 Å². The molecule has 0 spiro atoms. The lowest BCUT2D eigenvalue weighted by molar-refractivity contribution is -0.142. The number of rotatable bonds is 6. The van der Waals surface area contributed by atoms with Crippen molar-refractivity contribution in [2.24, 2.45) is 0 Å². The van der Waals surface area contributed by atoms with Crippen molar-refractivity contribution in [3.63, 3.8) is 0 Å². The fourth-order valence-electron chi connectivity index (χ4n) is 2.42. The van der Waals surface area contributed by atoms with Crippen LogP contribution in [0.5, 0.6) is 0 Å². The number of para-hydroxylation sites is 2. The molecular formula is C16H18F3N3O3. The lowest BCUT2D eigenvalue weighted by atomic mass is 10.2. The fourth-order valence-corrected chi connectivity index (χ4v) is 2.42. The number of nitrogens with one attached hydrogen (secondary N) is 1. The molecule has 0 aliphatic carbocycles. The Hall–Kier alpha value is -2.42. The van der Waals surface area contributed by atoms with Crippen LogP contribution in [0.1, 0.15) is 25.1 Å². The van der Waals surface area contributed by atoms with Gasteiger partial charge in [0.15, 0.2) is 0 Å². The minimum atomic E-state index is -4.91. The normalized spacial score (nSPS) is 13.0. The molecule has 9 heteroatoms. The molecule has 1 atom stereocenters. The molecule has 136 valence electrons. The Morgan fingerprint density at radius 3 is 2.68 bits per heavy atom. The number of nitrogens with zero attached hydrogens (tertiary/aromatic N) is 2. The molecule has 0 fully saturated rings. The summed E-state index contributed by atoms with van der Waals surface area (Å²) in [6, 6.07) is 4.78. The number of hydrogen-bond donors (Lipinski definition) is 1. The van der Waals surface area contributed by atoms with Gasteiger partial charge in [0.05, 0.1) is 11.0 Å². The smallest absolute Gasteiger partial charge is 0.385 e. The van der Waals surface area contributed by atoms with Crippen molar-refractivity contribution >= 4 is 16.9 Å². The summed E-state index contributed by atoms with van der Waals surface area (Å²) in [5, 5.41) is 2.59. The van der Waals surface area contributed by atoms with Gasteiger partial charge >= 0.3 is 6.18 Å². The number of alkyl halides is 3. The van der Waals surface area contributed by atoms with Crippen LogP contribution in [0.25, 0.3) is 11.0 Å². The zero-order valence-corrected chi connectivity index (χ0v) is 13.8. The van der Waals surface area contributed by atoms with Crippen LogP contribution >= 0.6 is 0 Å². The number of ether oxygens (including phenoxy) is 1. The predicted molar refractivity (Wildman–Crippen MR) is 85.2 cm³/mol. The fraction of sp³-hybridized carbons (Fsp3) is 0.438. The molecule has 1 N–H and O–H groups in total. The van der Waals surface area contributed by atoms with E-state index in [1.807, 2.05) is 0 Å². The van der Waals surface area contributed by atoms with E-state index >= 15 is 0 Å². The molecule has 1 aromatic heterocycles. The van der Waals surface area contributed by atoms with E-state index in [0.717, 1.165) is 4.57 Å². The average Bonchev–Trinajstić information content (AvgIpc) is 2.56. The minimum Gasteiger partial charge on any atom is -0.385 e. The third-order valence-electron chi connectivity index (χ3n) is 3.65. The van der Waals surface area contributed by atoms with E-state index in [-0.39, 0.29) is 11.0 Å². The minimum absolute atomic E-state index is 0.00606. The Kier molecular flexibility index (Phi) is 5.78. The van der Waals surface area contributed by atoms with E-state index < -0.39 is 29.4 Å². The van der Waals surface area contributed by atoms with E-state index in [2.05, 4.69) is 10.3 Å². The topological polar surface area (TPSA) is 73.2 Å². The summed E-state index contributed by atoms with van der Waals surface area (Å²) in [4.78, 5) is 28.0. The first-order valence-corrected chi connectivity index (χ1v) is 7.62. The monoisotopic (exact) mass is 357 g/mol. The van der Waals surface area contributed by atoms with Crippen molar-refractivity contribution in [1.29, 1.82) is 0 Å². The molecule has 25 heavy (non-hydrogen) atoms. The molecule has 0 saturated heterocycles. The van der Waals surface area contributed by atoms with Crippen molar-refractivity contribution < 1.29 is 22.7 Å². The first-order chi connectivity index (χ1) is 11.8. The Labute approximate surface area is 141 Å². The first-order valence-electron chi connectivity index (χ1n) is 7.62. The van der Waals surface area contributed by atoms with Gasteiger partial charge in [-0.15, -0.1) is 0 Å². The van der Waals surface area contributed by atoms with Gasteiger partial charge < -0.3 is 10.1 Å². The van der Waals surface area contributed by atoms with Crippen molar-refractivity contribution in [2.45, 2.75) is 25.6 Å². The molecule has 1 unspecified atom stereocenters. The number of benzene rings is 1. The molecule has 1 heterocycles. The molecule has 0 saturated carbocycles. The third kappa shape index (κ3) is 4.16. The van der Waals surface area contributed by atoms with Crippen LogP contribution in [0.2, 0.25) is 0 Å². The van der Waals surface area contributed by atoms with Gasteiger partial charge in [-0.2, -0.15) is 13.2 Å². The highest BCUT2D eigenvalue weighted by molar-refractivity contribution is 5.83. The van der Waals surface area contributed by atoms with E-state index in [1.165, 1.54) is 32.2 Å². The highest BCUT2D eigenvalue weighted by Crippen LogP contribution is 2.27. The molecule has 0 radical (unpaired) electrons. The molecule has 1 amide bonds. The highest BCUT2D eigenvalue weighted by Gasteiger charge is 2.38. The largest absolute Gasteiger partial charge is 0.438 e. The molecule has 6 nitrogen and oxygen atoms in total. The van der Waals surface area contributed by atoms with Crippen LogP contribution in [0.3, 0.4) is 0 Å². The summed E-state index contributed by atoms with van der Waals surface area (Å²) >= 11 is 0. The number of hydrogen-bond acceptors (Lipinski definition) is 4. The molecule has 2 aromatic rings. The van der Waals surface area contributed by atoms with Gasteiger partial charge in [-0.3, -0.25) is 14.2 Å². The van der Waals surface area contributed by atoms with Gasteiger partial charge in [0, 0.05) is 20.3 Å². The standard InChI is InChI=1S/C16H18F3N3O3/c1-10(14(23)20-8-5-9-25-2)22-12-7-4-3-6-11(12)21-13(15(22)24)16(17,18)19/h3-4,6-7,10H,5,8-9H2,1-2H3,(H,20,23). The molecule has 0 bridgehead atoms. The summed E-state index contributed by atoms with van der Waals surface area (Å²) in [6.45, 7) is 2.10. The van der Waals surface area contributed by atoms with E-state index in [9.17, 15) is 22.8 Å². The lowest BCUT2D eigenvalue weighted by Crippen LogP contribution is -2.39. The summed E-state index contributed by atoms with van der Waals surface area (Å²) in [7, 11) is 1.52. The van der Waals surface area contributed by atoms with Crippen molar-refractivity contribution in [3.8, 4) is 0 Å². The summed E-state index contributed by atoms with van der Waals surface area (Å²) in [6.07, 6.45) is -4.35. The molecule has 0 aliphatic rings. The Bertz CT molecular complexity index is 818. The quantitative estimate of drug-likeness (QED) is 0.804. The maximum atomic E-state index is 13.1. The van der Waals surface area contributed by atoms with Crippen LogP contribution in [0, 0.1) is 0 Å². The summed E-state index contributed by atoms with van der Waals surface area (Å²) in [5.41, 5.74) is -2.72. The van der Waals surface area contributed by atoms with Gasteiger partial charge in [-0.25, -0.2) is 4.98 Å². The second kappa shape index (κ2) is 7.64. The van der Waals surface area contributed by atoms with Gasteiger partial charge in [0.25, 0.3) is 5.56 Å². The second-order valence-electron chi connectivity index (χ2n) is 5.44. The van der Waals surface area contributed by atoms with E-state index in [0.29, 0.717) is 19.6 Å². The number of fused-ring (bicyclic) bond motifs is 1. The second-order valence-corrected chi connectivity index (χ2v) is 5.44. The van der Waals surface area contributed by atoms with Crippen molar-refractivity contribution in [3.05, 3.63) is 40.3 Å². The maximum absolute atomic E-state index is 13.1. The van der Waals surface area contributed by atoms with Crippen LogP contribution < -0.4 is 10.9 Å². The van der Waals surface area contributed by atoms with Gasteiger partial charge in [-0.1, -0.05) is 12.1 Å². The first kappa shape index (κ1) is 18.9. The zero-order valence-electron chi connectivity index (χ0n) is 13.8. The molecule has 1 aromatic carbocycles. The van der Waals surface area contributed by atoms with E-state index in [4.69, 9.17) is 4.74 Å².